The number of rotatable bonds is 9. The molecule has 1 amide bonds. The number of cyclic esters (lactones) is 2. The molecule has 1 aromatic carbocycles. The molecule has 48 heavy (non-hydrogen) atoms. The Balaban J connectivity index is 0.000000288. The fraction of sp³-hybridized carbons (Fsp3) is 0.629. The summed E-state index contributed by atoms with van der Waals surface area (Å²) in [7, 11) is 1.63. The van der Waals surface area contributed by atoms with Gasteiger partial charge in [0.1, 0.15) is 29.4 Å². The molecule has 3 saturated carbocycles. The first-order chi connectivity index (χ1) is 23.2. The zero-order chi connectivity index (χ0) is 34.0. The van der Waals surface area contributed by atoms with Crippen LogP contribution >= 0.6 is 0 Å². The number of oxazole rings is 1. The minimum atomic E-state index is -0.945. The SMILES string of the molecule is COc1cccc(-c2nc(COCC3CCCC(NC(=O)C4CCCCC4C(=O)O)C3)c(C)o2)c1.O=C1OC(=O)O[C@@H]2CCCC[C@@H]2O1. The van der Waals surface area contributed by atoms with Crippen LogP contribution in [0.15, 0.2) is 28.7 Å². The Morgan fingerprint density at radius 3 is 2.31 bits per heavy atom. The molecule has 4 fully saturated rings. The van der Waals surface area contributed by atoms with E-state index < -0.39 is 30.1 Å². The summed E-state index contributed by atoms with van der Waals surface area (Å²) in [5.41, 5.74) is 1.63. The van der Waals surface area contributed by atoms with E-state index in [1.165, 1.54) is 0 Å². The van der Waals surface area contributed by atoms with Gasteiger partial charge in [-0.05, 0) is 88.8 Å². The molecule has 2 heterocycles. The van der Waals surface area contributed by atoms with E-state index in [1.807, 2.05) is 31.2 Å². The summed E-state index contributed by atoms with van der Waals surface area (Å²) in [6.07, 6.45) is 7.88. The number of carboxylic acid groups (broad SMARTS) is 1. The molecule has 6 rings (SSSR count). The zero-order valence-electron chi connectivity index (χ0n) is 27.6. The Morgan fingerprint density at radius 2 is 1.62 bits per heavy atom. The second-order valence-corrected chi connectivity index (χ2v) is 13.0. The number of carbonyl (C=O) groups is 4. The van der Waals surface area contributed by atoms with Gasteiger partial charge in [-0.25, -0.2) is 14.6 Å². The Bertz CT molecular complexity index is 1400. The van der Waals surface area contributed by atoms with E-state index in [-0.39, 0.29) is 24.2 Å². The number of benzene rings is 1. The fourth-order valence-corrected chi connectivity index (χ4v) is 7.08. The number of fused-ring (bicyclic) bond motifs is 1. The molecule has 6 atom stereocenters. The highest BCUT2D eigenvalue weighted by atomic mass is 16.8. The first-order valence-electron chi connectivity index (χ1n) is 17.0. The predicted octanol–water partition coefficient (Wildman–Crippen LogP) is 6.34. The van der Waals surface area contributed by atoms with Gasteiger partial charge in [0.05, 0.1) is 25.6 Å². The summed E-state index contributed by atoms with van der Waals surface area (Å²) in [4.78, 5) is 50.6. The molecule has 4 aliphatic rings. The van der Waals surface area contributed by atoms with Crippen molar-refractivity contribution in [2.45, 2.75) is 109 Å². The third-order valence-corrected chi connectivity index (χ3v) is 9.65. The number of nitrogens with one attached hydrogen (secondary N) is 1. The van der Waals surface area contributed by atoms with Crippen molar-refractivity contribution in [2.24, 2.45) is 17.8 Å². The highest BCUT2D eigenvalue weighted by molar-refractivity contribution is 5.85. The highest BCUT2D eigenvalue weighted by Crippen LogP contribution is 2.32. The number of nitrogens with zero attached hydrogens (tertiary/aromatic N) is 1. The third kappa shape index (κ3) is 9.48. The van der Waals surface area contributed by atoms with Crippen LogP contribution in [0, 0.1) is 24.7 Å². The van der Waals surface area contributed by atoms with Crippen LogP contribution in [0.5, 0.6) is 5.75 Å². The quantitative estimate of drug-likeness (QED) is 0.224. The van der Waals surface area contributed by atoms with Gasteiger partial charge in [0.15, 0.2) is 0 Å². The van der Waals surface area contributed by atoms with Crippen LogP contribution in [0.3, 0.4) is 0 Å². The summed E-state index contributed by atoms with van der Waals surface area (Å²) in [6, 6.07) is 7.68. The molecule has 0 spiro atoms. The fourth-order valence-electron chi connectivity index (χ4n) is 7.08. The molecule has 1 saturated heterocycles. The van der Waals surface area contributed by atoms with Gasteiger partial charge in [0.2, 0.25) is 11.8 Å². The minimum absolute atomic E-state index is 0.0784. The number of carbonyl (C=O) groups excluding carboxylic acids is 3. The number of aryl methyl sites for hydroxylation is 1. The molecule has 1 aromatic heterocycles. The molecule has 0 bridgehead atoms. The number of hydrogen-bond acceptors (Lipinski definition) is 11. The first-order valence-corrected chi connectivity index (χ1v) is 17.0. The summed E-state index contributed by atoms with van der Waals surface area (Å²) in [6.45, 7) is 2.85. The Hall–Kier alpha value is -4.13. The molecule has 13 heteroatoms. The van der Waals surface area contributed by atoms with E-state index in [4.69, 9.17) is 23.4 Å². The molecule has 2 aromatic rings. The second-order valence-electron chi connectivity index (χ2n) is 13.0. The van der Waals surface area contributed by atoms with E-state index in [2.05, 4.69) is 15.0 Å². The van der Waals surface area contributed by atoms with Gasteiger partial charge in [0, 0.05) is 18.2 Å². The molecule has 1 aliphatic heterocycles. The van der Waals surface area contributed by atoms with Crippen molar-refractivity contribution in [3.8, 4) is 17.2 Å². The van der Waals surface area contributed by atoms with Gasteiger partial charge in [-0.2, -0.15) is 0 Å². The molecular weight excluding hydrogens is 624 g/mol. The predicted molar refractivity (Wildman–Crippen MR) is 170 cm³/mol. The summed E-state index contributed by atoms with van der Waals surface area (Å²) in [5.74, 6) is 0.466. The van der Waals surface area contributed by atoms with Gasteiger partial charge in [-0.1, -0.05) is 25.3 Å². The van der Waals surface area contributed by atoms with Gasteiger partial charge < -0.3 is 38.5 Å². The van der Waals surface area contributed by atoms with Crippen LogP contribution in [0.25, 0.3) is 11.5 Å². The van der Waals surface area contributed by atoms with E-state index in [0.717, 1.165) is 87.0 Å². The maximum Gasteiger partial charge on any atom is 0.518 e. The van der Waals surface area contributed by atoms with Crippen LogP contribution in [0.2, 0.25) is 0 Å². The zero-order valence-corrected chi connectivity index (χ0v) is 27.6. The first kappa shape index (κ1) is 35.2. The highest BCUT2D eigenvalue weighted by Gasteiger charge is 2.38. The summed E-state index contributed by atoms with van der Waals surface area (Å²) >= 11 is 0. The normalized spacial score (nSPS) is 27.0. The molecule has 0 radical (unpaired) electrons. The molecule has 13 nitrogen and oxygen atoms in total. The van der Waals surface area contributed by atoms with E-state index in [0.29, 0.717) is 37.9 Å². The number of amides is 1. The molecule has 262 valence electrons. The second kappa shape index (κ2) is 16.8. The van der Waals surface area contributed by atoms with Crippen molar-refractivity contribution >= 4 is 24.2 Å². The van der Waals surface area contributed by atoms with E-state index in [1.54, 1.807) is 7.11 Å². The van der Waals surface area contributed by atoms with Crippen LogP contribution in [0.4, 0.5) is 9.59 Å². The molecule has 3 aliphatic carbocycles. The van der Waals surface area contributed by atoms with Gasteiger partial charge in [-0.15, -0.1) is 0 Å². The molecular formula is C35H46N2O11. The van der Waals surface area contributed by atoms with Crippen molar-refractivity contribution in [2.75, 3.05) is 13.7 Å². The number of methoxy groups -OCH3 is 1. The lowest BCUT2D eigenvalue weighted by Gasteiger charge is -2.33. The number of hydrogen-bond donors (Lipinski definition) is 2. The summed E-state index contributed by atoms with van der Waals surface area (Å²) < 4.78 is 31.1. The standard InChI is InChI=1S/C27H36N2O6.C8H10O5/c1-17-24(29-26(35-17)19-8-6-10-21(14-19)33-2)16-34-15-18-7-5-9-20(13-18)28-25(30)22-11-3-4-12-23(22)27(31)32;9-7-11-5-3-1-2-4-6(5)12-8(10)13-7/h6,8,10,14,18,20,22-23H,3-5,7,9,11-13,15-16H2,1-2H3,(H,28,30)(H,31,32);5-6H,1-4H2/t;5-,6+. The van der Waals surface area contributed by atoms with Gasteiger partial charge in [-0.3, -0.25) is 9.59 Å². The molecule has 2 N–H and O–H groups in total. The van der Waals surface area contributed by atoms with Crippen LogP contribution in [-0.2, 0) is 35.1 Å². The average Bonchev–Trinajstić information content (AvgIpc) is 3.38. The van der Waals surface area contributed by atoms with Crippen molar-refractivity contribution < 1.29 is 52.4 Å². The van der Waals surface area contributed by atoms with E-state index in [9.17, 15) is 24.3 Å². The topological polar surface area (TPSA) is 173 Å². The minimum Gasteiger partial charge on any atom is -0.497 e. The average molecular weight is 671 g/mol. The Morgan fingerprint density at radius 1 is 0.938 bits per heavy atom. The molecule has 4 unspecified atom stereocenters. The maximum absolute atomic E-state index is 12.9. The van der Waals surface area contributed by atoms with E-state index >= 15 is 0 Å². The largest absolute Gasteiger partial charge is 0.518 e. The van der Waals surface area contributed by atoms with Crippen molar-refractivity contribution in [3.05, 3.63) is 35.7 Å². The number of carboxylic acids is 1. The van der Waals surface area contributed by atoms with Crippen molar-refractivity contribution in [1.29, 1.82) is 0 Å². The van der Waals surface area contributed by atoms with Crippen molar-refractivity contribution in [3.63, 3.8) is 0 Å². The maximum atomic E-state index is 12.9. The lowest BCUT2D eigenvalue weighted by molar-refractivity contribution is -0.149. The Labute approximate surface area is 280 Å². The number of aromatic nitrogens is 1. The van der Waals surface area contributed by atoms with Crippen LogP contribution in [0.1, 0.15) is 88.5 Å². The number of aliphatic carboxylic acids is 1. The monoisotopic (exact) mass is 670 g/mol. The van der Waals surface area contributed by atoms with Crippen LogP contribution < -0.4 is 10.1 Å². The lowest BCUT2D eigenvalue weighted by atomic mass is 9.78. The Kier molecular flexibility index (Phi) is 12.3. The van der Waals surface area contributed by atoms with Crippen LogP contribution in [-0.4, -0.2) is 66.2 Å². The smallest absolute Gasteiger partial charge is 0.497 e. The van der Waals surface area contributed by atoms with Gasteiger partial charge in [0.25, 0.3) is 0 Å². The number of ether oxygens (including phenoxy) is 5. The summed E-state index contributed by atoms with van der Waals surface area (Å²) in [5, 5.41) is 12.6. The van der Waals surface area contributed by atoms with Gasteiger partial charge >= 0.3 is 18.3 Å². The third-order valence-electron chi connectivity index (χ3n) is 9.65. The van der Waals surface area contributed by atoms with Crippen molar-refractivity contribution in [1.82, 2.24) is 10.3 Å². The lowest BCUT2D eigenvalue weighted by Crippen LogP contribution is -2.45.